The van der Waals surface area contributed by atoms with Crippen LogP contribution in [0.15, 0.2) is 0 Å². The van der Waals surface area contributed by atoms with E-state index in [2.05, 4.69) is 37.2 Å². The van der Waals surface area contributed by atoms with Gasteiger partial charge in [0.25, 0.3) is 0 Å². The maximum absolute atomic E-state index is 13.8. The number of primary amides is 3. The number of aliphatic carboxylic acids is 4. The molecule has 29 nitrogen and oxygen atoms in total. The van der Waals surface area contributed by atoms with E-state index in [9.17, 15) is 82.4 Å². The Hall–Kier alpha value is -7.46. The molecule has 0 aromatic rings. The Bertz CT molecular complexity index is 1830. The van der Waals surface area contributed by atoms with Crippen LogP contribution in [0.5, 0.6) is 0 Å². The maximum Gasteiger partial charge on any atom is 0.303 e. The van der Waals surface area contributed by atoms with E-state index < -0.39 is 208 Å². The summed E-state index contributed by atoms with van der Waals surface area (Å²) >= 11 is 0. The van der Waals surface area contributed by atoms with Crippen LogP contribution in [0.4, 0.5) is 0 Å². The molecule has 0 aromatic carbocycles. The van der Waals surface area contributed by atoms with Gasteiger partial charge in [-0.1, -0.05) is 13.8 Å². The van der Waals surface area contributed by atoms with Crippen molar-refractivity contribution in [3.8, 4) is 0 Å². The van der Waals surface area contributed by atoms with Gasteiger partial charge in [0.05, 0.1) is 13.0 Å². The predicted molar refractivity (Wildman–Crippen MR) is 221 cm³/mol. The Labute approximate surface area is 376 Å². The van der Waals surface area contributed by atoms with Crippen LogP contribution in [0.2, 0.25) is 0 Å². The van der Waals surface area contributed by atoms with Crippen LogP contribution < -0.4 is 60.2 Å². The van der Waals surface area contributed by atoms with Crippen molar-refractivity contribution in [2.24, 2.45) is 28.9 Å². The Balaban J connectivity index is 6.75. The van der Waals surface area contributed by atoms with E-state index in [1.54, 1.807) is 13.8 Å². The van der Waals surface area contributed by atoms with Gasteiger partial charge in [0.15, 0.2) is 0 Å². The summed E-state index contributed by atoms with van der Waals surface area (Å²) in [7, 11) is 0. The lowest BCUT2D eigenvalue weighted by molar-refractivity contribution is -0.140. The molecule has 0 heterocycles. The summed E-state index contributed by atoms with van der Waals surface area (Å²) in [5, 5.41) is 52.5. The minimum absolute atomic E-state index is 0.205. The summed E-state index contributed by atoms with van der Waals surface area (Å²) in [5.74, 6) is -17.3. The zero-order valence-corrected chi connectivity index (χ0v) is 36.1. The zero-order chi connectivity index (χ0) is 50.8. The molecule has 29 heteroatoms. The minimum Gasteiger partial charge on any atom is -0.481 e. The maximum atomic E-state index is 13.8. The van der Waals surface area contributed by atoms with Crippen LogP contribution in [-0.4, -0.2) is 152 Å². The molecule has 0 fully saturated rings. The van der Waals surface area contributed by atoms with Crippen molar-refractivity contribution in [2.45, 2.75) is 133 Å². The van der Waals surface area contributed by atoms with Gasteiger partial charge in [-0.05, 0) is 44.4 Å². The third-order valence-electron chi connectivity index (χ3n) is 9.04. The van der Waals surface area contributed by atoms with Crippen LogP contribution in [0, 0.1) is 5.92 Å². The molecule has 0 saturated heterocycles. The first-order valence-corrected chi connectivity index (χ1v) is 20.2. The fourth-order valence-electron chi connectivity index (χ4n) is 5.72. The molecule has 370 valence electrons. The fourth-order valence-corrected chi connectivity index (χ4v) is 5.72. The van der Waals surface area contributed by atoms with E-state index in [-0.39, 0.29) is 6.42 Å². The van der Waals surface area contributed by atoms with Crippen molar-refractivity contribution in [3.63, 3.8) is 0 Å². The average molecular weight is 946 g/mol. The van der Waals surface area contributed by atoms with Crippen molar-refractivity contribution < 1.29 is 87.5 Å². The van der Waals surface area contributed by atoms with Gasteiger partial charge in [-0.2, -0.15) is 0 Å². The van der Waals surface area contributed by atoms with Crippen molar-refractivity contribution >= 4 is 82.9 Å². The highest BCUT2D eigenvalue weighted by Crippen LogP contribution is 2.11. The molecular weight excluding hydrogens is 886 g/mol. The summed E-state index contributed by atoms with van der Waals surface area (Å²) in [5.41, 5.74) is 20.8. The molecule has 66 heavy (non-hydrogen) atoms. The summed E-state index contributed by atoms with van der Waals surface area (Å²) in [6.07, 6.45) is -7.38. The molecule has 7 atom stereocenters. The molecule has 0 aromatic heterocycles. The van der Waals surface area contributed by atoms with Gasteiger partial charge in [0.2, 0.25) is 59.1 Å². The molecule has 0 spiro atoms. The Morgan fingerprint density at radius 1 is 0.394 bits per heavy atom. The van der Waals surface area contributed by atoms with E-state index in [1.807, 2.05) is 0 Å². The second-order valence-corrected chi connectivity index (χ2v) is 15.1. The predicted octanol–water partition coefficient (Wildman–Crippen LogP) is -6.53. The molecule has 0 aliphatic carbocycles. The second-order valence-electron chi connectivity index (χ2n) is 15.1. The summed E-state index contributed by atoms with van der Waals surface area (Å²) in [4.78, 5) is 174. The van der Waals surface area contributed by atoms with Gasteiger partial charge in [0.1, 0.15) is 42.3 Å². The van der Waals surface area contributed by atoms with Crippen molar-refractivity contribution in [1.29, 1.82) is 0 Å². The van der Waals surface area contributed by atoms with E-state index in [4.69, 9.17) is 28.0 Å². The van der Waals surface area contributed by atoms with Crippen LogP contribution in [0.3, 0.4) is 0 Å². The molecule has 10 amide bonds. The van der Waals surface area contributed by atoms with Gasteiger partial charge in [-0.15, -0.1) is 0 Å². The molecule has 0 rings (SSSR count). The molecule has 0 saturated carbocycles. The number of hydrogen-bond acceptors (Lipinski definition) is 15. The normalized spacial score (nSPS) is 13.9. The number of rotatable bonds is 34. The highest BCUT2D eigenvalue weighted by Gasteiger charge is 2.35. The highest BCUT2D eigenvalue weighted by atomic mass is 16.4. The SMILES string of the molecule is CC(C)C[C@H](NC(=O)[C@H](CCC(=O)O)NC(=O)[C@H](CCC(=O)O)NC(=O)[C@H](CCC(=O)O)NC(=O)CN)C(=O)N[C@@H](CCC(N)=O)C(=O)N[C@@H](CCC(=O)O)C(=O)N[C@@H](CC(N)=O)C(N)=O. The number of carboxylic acids is 4. The van der Waals surface area contributed by atoms with Crippen LogP contribution in [0.1, 0.15) is 90.9 Å². The Morgan fingerprint density at radius 3 is 0.924 bits per heavy atom. The van der Waals surface area contributed by atoms with Crippen molar-refractivity contribution in [2.75, 3.05) is 6.54 Å². The molecule has 0 aliphatic heterocycles. The lowest BCUT2D eigenvalue weighted by atomic mass is 10.0. The Morgan fingerprint density at radius 2 is 0.667 bits per heavy atom. The molecule has 19 N–H and O–H groups in total. The highest BCUT2D eigenvalue weighted by molar-refractivity contribution is 5.98. The smallest absolute Gasteiger partial charge is 0.303 e. The third-order valence-corrected chi connectivity index (χ3v) is 9.04. The van der Waals surface area contributed by atoms with Gasteiger partial charge >= 0.3 is 23.9 Å². The van der Waals surface area contributed by atoms with E-state index >= 15 is 0 Å². The van der Waals surface area contributed by atoms with Crippen LogP contribution >= 0.6 is 0 Å². The van der Waals surface area contributed by atoms with E-state index in [0.29, 0.717) is 0 Å². The quantitative estimate of drug-likeness (QED) is 0.0285. The summed E-state index contributed by atoms with van der Waals surface area (Å²) in [6, 6.07) is -12.0. The van der Waals surface area contributed by atoms with Gasteiger partial charge in [-0.25, -0.2) is 0 Å². The number of nitrogens with two attached hydrogens (primary N) is 4. The molecule has 0 bridgehead atoms. The zero-order valence-electron chi connectivity index (χ0n) is 36.1. The fraction of sp³-hybridized carbons (Fsp3) is 0.622. The number of carbonyl (C=O) groups excluding carboxylic acids is 10. The lowest BCUT2D eigenvalue weighted by Gasteiger charge is -2.28. The number of nitrogens with one attached hydrogen (secondary N) is 7. The summed E-state index contributed by atoms with van der Waals surface area (Å²) in [6.45, 7) is 2.59. The lowest BCUT2D eigenvalue weighted by Crippen LogP contribution is -2.60. The van der Waals surface area contributed by atoms with Crippen molar-refractivity contribution in [1.82, 2.24) is 37.2 Å². The first kappa shape index (κ1) is 58.5. The number of amides is 10. The molecule has 0 unspecified atom stereocenters. The van der Waals surface area contributed by atoms with E-state index in [1.165, 1.54) is 0 Å². The minimum atomic E-state index is -1.82. The molecule has 0 aliphatic rings. The van der Waals surface area contributed by atoms with Crippen molar-refractivity contribution in [3.05, 3.63) is 0 Å². The molecule has 0 radical (unpaired) electrons. The van der Waals surface area contributed by atoms with Gasteiger partial charge < -0.3 is 80.6 Å². The standard InChI is InChI=1S/C37H59N11O18/c1-16(2)13-23(37(66)46-18(3-8-24(39)49)33(62)44-20(6-11-29(56)57)35(64)47-22(31(41)60)14-25(40)50)48-36(65)21(7-12-30(58)59)45-34(63)19(5-10-28(54)55)43-32(61)17(4-9-27(52)53)42-26(51)15-38/h16-23H,3-15,38H2,1-2H3,(H2,39,49)(H2,40,50)(H2,41,60)(H,42,51)(H,43,61)(H,44,62)(H,45,63)(H,46,66)(H,47,64)(H,48,65)(H,52,53)(H,54,55)(H,56,57)(H,58,59)/t17-,18-,19-,20-,21-,22-,23-/m0/s1. The number of hydrogen-bond donors (Lipinski definition) is 15. The monoisotopic (exact) mass is 945 g/mol. The topological polar surface area (TPSA) is 508 Å². The number of carbonyl (C=O) groups is 14. The molecular formula is C37H59N11O18. The second kappa shape index (κ2) is 29.8. The van der Waals surface area contributed by atoms with Gasteiger partial charge in [-0.3, -0.25) is 67.1 Å². The number of carboxylic acid groups (broad SMARTS) is 4. The average Bonchev–Trinajstić information content (AvgIpc) is 3.20. The third kappa shape index (κ3) is 25.0. The van der Waals surface area contributed by atoms with Crippen LogP contribution in [0.25, 0.3) is 0 Å². The first-order chi connectivity index (χ1) is 30.7. The largest absolute Gasteiger partial charge is 0.481 e. The first-order valence-electron chi connectivity index (χ1n) is 20.2. The Kier molecular flexibility index (Phi) is 26.4. The van der Waals surface area contributed by atoms with Gasteiger partial charge in [0, 0.05) is 32.1 Å². The van der Waals surface area contributed by atoms with Crippen LogP contribution in [-0.2, 0) is 67.1 Å². The van der Waals surface area contributed by atoms with E-state index in [0.717, 1.165) is 0 Å². The summed E-state index contributed by atoms with van der Waals surface area (Å²) < 4.78 is 0.